The lowest BCUT2D eigenvalue weighted by Gasteiger charge is -2.18. The Morgan fingerprint density at radius 3 is 2.57 bits per heavy atom. The molecule has 0 unspecified atom stereocenters. The molecule has 3 amide bonds. The molecular formula is C21H23N3O4. The lowest BCUT2D eigenvalue weighted by Crippen LogP contribution is -2.51. The van der Waals surface area contributed by atoms with E-state index >= 15 is 0 Å². The fraction of sp³-hybridized carbons (Fsp3) is 0.286. The molecule has 7 nitrogen and oxygen atoms in total. The molecule has 0 aliphatic carbocycles. The van der Waals surface area contributed by atoms with Gasteiger partial charge in [-0.2, -0.15) is 0 Å². The van der Waals surface area contributed by atoms with E-state index < -0.39 is 23.9 Å². The Kier molecular flexibility index (Phi) is 6.26. The van der Waals surface area contributed by atoms with Gasteiger partial charge in [0.15, 0.2) is 0 Å². The van der Waals surface area contributed by atoms with Crippen molar-refractivity contribution < 1.29 is 19.1 Å². The minimum absolute atomic E-state index is 0.168. The summed E-state index contributed by atoms with van der Waals surface area (Å²) in [5, 5.41) is 5.22. The van der Waals surface area contributed by atoms with Crippen molar-refractivity contribution >= 4 is 17.7 Å². The number of benzene rings is 2. The molecule has 1 heterocycles. The topological polar surface area (TPSA) is 111 Å². The Morgan fingerprint density at radius 1 is 1.14 bits per heavy atom. The van der Waals surface area contributed by atoms with Gasteiger partial charge in [0.05, 0.1) is 0 Å². The summed E-state index contributed by atoms with van der Waals surface area (Å²) < 4.78 is 5.80. The van der Waals surface area contributed by atoms with Gasteiger partial charge < -0.3 is 21.1 Å². The second-order valence-electron chi connectivity index (χ2n) is 6.75. The molecule has 2 aromatic rings. The molecule has 3 rings (SSSR count). The predicted octanol–water partition coefficient (Wildman–Crippen LogP) is 1.06. The van der Waals surface area contributed by atoms with E-state index in [-0.39, 0.29) is 12.3 Å². The van der Waals surface area contributed by atoms with Gasteiger partial charge in [-0.25, -0.2) is 0 Å². The van der Waals surface area contributed by atoms with Crippen molar-refractivity contribution in [3.8, 4) is 5.75 Å². The number of hydrogen-bond acceptors (Lipinski definition) is 4. The molecule has 2 aromatic carbocycles. The van der Waals surface area contributed by atoms with Gasteiger partial charge in [0.1, 0.15) is 24.4 Å². The first kappa shape index (κ1) is 19.4. The van der Waals surface area contributed by atoms with Gasteiger partial charge >= 0.3 is 0 Å². The largest absolute Gasteiger partial charge is 0.489 e. The van der Waals surface area contributed by atoms with E-state index in [0.717, 1.165) is 11.1 Å². The first-order chi connectivity index (χ1) is 13.5. The number of amides is 3. The van der Waals surface area contributed by atoms with Crippen molar-refractivity contribution in [1.29, 1.82) is 0 Å². The smallest absolute Gasteiger partial charge is 0.243 e. The molecule has 2 atom stereocenters. The zero-order chi connectivity index (χ0) is 19.9. The summed E-state index contributed by atoms with van der Waals surface area (Å²) in [4.78, 5) is 35.3. The standard InChI is InChI=1S/C21H23N3O4/c22-20(26)18(24-21(27)17-9-10-19(25)23-17)12-15-7-4-8-16(11-15)28-13-14-5-2-1-3-6-14/h1-8,11,17-18H,9-10,12-13H2,(H2,22,26)(H,23,25)(H,24,27)/t17-,18+/m1/s1. The average Bonchev–Trinajstić information content (AvgIpc) is 3.13. The fourth-order valence-corrected chi connectivity index (χ4v) is 3.04. The van der Waals surface area contributed by atoms with E-state index in [1.165, 1.54) is 0 Å². The van der Waals surface area contributed by atoms with Gasteiger partial charge in [0.25, 0.3) is 0 Å². The maximum atomic E-state index is 12.3. The fourth-order valence-electron chi connectivity index (χ4n) is 3.04. The first-order valence-electron chi connectivity index (χ1n) is 9.16. The van der Waals surface area contributed by atoms with E-state index in [2.05, 4.69) is 10.6 Å². The van der Waals surface area contributed by atoms with Crippen LogP contribution in [0.2, 0.25) is 0 Å². The van der Waals surface area contributed by atoms with Gasteiger partial charge in [0.2, 0.25) is 17.7 Å². The normalized spacial score (nSPS) is 16.9. The van der Waals surface area contributed by atoms with E-state index in [1.54, 1.807) is 0 Å². The molecule has 0 aromatic heterocycles. The van der Waals surface area contributed by atoms with Crippen molar-refractivity contribution in [2.75, 3.05) is 0 Å². The van der Waals surface area contributed by atoms with Crippen molar-refractivity contribution in [1.82, 2.24) is 10.6 Å². The Bertz CT molecular complexity index is 854. The predicted molar refractivity (Wildman–Crippen MR) is 103 cm³/mol. The summed E-state index contributed by atoms with van der Waals surface area (Å²) in [7, 11) is 0. The highest BCUT2D eigenvalue weighted by Crippen LogP contribution is 2.17. The Labute approximate surface area is 163 Å². The summed E-state index contributed by atoms with van der Waals surface area (Å²) in [6.45, 7) is 0.432. The molecule has 0 saturated carbocycles. The molecule has 146 valence electrons. The maximum absolute atomic E-state index is 12.3. The summed E-state index contributed by atoms with van der Waals surface area (Å²) in [6, 6.07) is 15.6. The third kappa shape index (κ3) is 5.33. The molecule has 0 bridgehead atoms. The molecule has 0 spiro atoms. The monoisotopic (exact) mass is 381 g/mol. The van der Waals surface area contributed by atoms with Crippen LogP contribution < -0.4 is 21.1 Å². The van der Waals surface area contributed by atoms with Crippen LogP contribution in [0.4, 0.5) is 0 Å². The van der Waals surface area contributed by atoms with Gasteiger partial charge in [-0.05, 0) is 29.7 Å². The van der Waals surface area contributed by atoms with E-state index in [0.29, 0.717) is 25.2 Å². The zero-order valence-electron chi connectivity index (χ0n) is 15.4. The van der Waals surface area contributed by atoms with Crippen molar-refractivity contribution in [3.63, 3.8) is 0 Å². The third-order valence-electron chi connectivity index (χ3n) is 4.56. The van der Waals surface area contributed by atoms with Gasteiger partial charge in [-0.1, -0.05) is 42.5 Å². The van der Waals surface area contributed by atoms with E-state index in [9.17, 15) is 14.4 Å². The van der Waals surface area contributed by atoms with Crippen LogP contribution in [0.5, 0.6) is 5.75 Å². The van der Waals surface area contributed by atoms with Crippen LogP contribution in [0.3, 0.4) is 0 Å². The summed E-state index contributed by atoms with van der Waals surface area (Å²) in [5.74, 6) is -0.530. The molecule has 1 fully saturated rings. The minimum atomic E-state index is -0.866. The first-order valence-corrected chi connectivity index (χ1v) is 9.16. The molecule has 0 radical (unpaired) electrons. The van der Waals surface area contributed by atoms with Crippen LogP contribution in [-0.2, 0) is 27.4 Å². The summed E-state index contributed by atoms with van der Waals surface area (Å²) >= 11 is 0. The van der Waals surface area contributed by atoms with Crippen LogP contribution in [-0.4, -0.2) is 29.8 Å². The average molecular weight is 381 g/mol. The van der Waals surface area contributed by atoms with Crippen LogP contribution in [0, 0.1) is 0 Å². The third-order valence-corrected chi connectivity index (χ3v) is 4.56. The molecule has 1 aliphatic heterocycles. The quantitative estimate of drug-likeness (QED) is 0.635. The number of rotatable bonds is 8. The number of carbonyl (C=O) groups excluding carboxylic acids is 3. The number of ether oxygens (including phenoxy) is 1. The second-order valence-corrected chi connectivity index (χ2v) is 6.75. The number of nitrogens with two attached hydrogens (primary N) is 1. The van der Waals surface area contributed by atoms with Gasteiger partial charge in [-0.3, -0.25) is 14.4 Å². The van der Waals surface area contributed by atoms with Crippen LogP contribution >= 0.6 is 0 Å². The van der Waals surface area contributed by atoms with Crippen LogP contribution in [0.15, 0.2) is 54.6 Å². The number of hydrogen-bond donors (Lipinski definition) is 3. The molecule has 4 N–H and O–H groups in total. The highest BCUT2D eigenvalue weighted by molar-refractivity contribution is 5.93. The number of carbonyl (C=O) groups is 3. The lowest BCUT2D eigenvalue weighted by atomic mass is 10.0. The lowest BCUT2D eigenvalue weighted by molar-refractivity contribution is -0.129. The van der Waals surface area contributed by atoms with Gasteiger partial charge in [-0.15, -0.1) is 0 Å². The minimum Gasteiger partial charge on any atom is -0.489 e. The summed E-state index contributed by atoms with van der Waals surface area (Å²) in [6.07, 6.45) is 0.962. The van der Waals surface area contributed by atoms with Crippen molar-refractivity contribution in [2.24, 2.45) is 5.73 Å². The zero-order valence-corrected chi connectivity index (χ0v) is 15.4. The second kappa shape index (κ2) is 9.03. The van der Waals surface area contributed by atoms with Crippen LogP contribution in [0.25, 0.3) is 0 Å². The molecule has 7 heteroatoms. The maximum Gasteiger partial charge on any atom is 0.243 e. The summed E-state index contributed by atoms with van der Waals surface area (Å²) in [5.41, 5.74) is 7.32. The molecule has 28 heavy (non-hydrogen) atoms. The number of primary amides is 1. The van der Waals surface area contributed by atoms with E-state index in [1.807, 2.05) is 54.6 Å². The highest BCUT2D eigenvalue weighted by atomic mass is 16.5. The molecule has 1 saturated heterocycles. The Balaban J connectivity index is 1.60. The van der Waals surface area contributed by atoms with Gasteiger partial charge in [0, 0.05) is 12.8 Å². The highest BCUT2D eigenvalue weighted by Gasteiger charge is 2.29. The Morgan fingerprint density at radius 2 is 1.89 bits per heavy atom. The van der Waals surface area contributed by atoms with Crippen molar-refractivity contribution in [2.45, 2.75) is 38.0 Å². The SMILES string of the molecule is NC(=O)[C@H](Cc1cccc(OCc2ccccc2)c1)NC(=O)[C@H]1CCC(=O)N1. The molecule has 1 aliphatic rings. The molecular weight excluding hydrogens is 358 g/mol. The van der Waals surface area contributed by atoms with E-state index in [4.69, 9.17) is 10.5 Å². The Hall–Kier alpha value is -3.35. The van der Waals surface area contributed by atoms with Crippen molar-refractivity contribution in [3.05, 3.63) is 65.7 Å². The van der Waals surface area contributed by atoms with Crippen LogP contribution in [0.1, 0.15) is 24.0 Å². The number of nitrogens with one attached hydrogen (secondary N) is 2.